The molecule has 1 aliphatic heterocycles. The molecule has 0 spiro atoms. The molecule has 2 aromatic rings. The van der Waals surface area contributed by atoms with Crippen LogP contribution in [0.5, 0.6) is 11.5 Å². The van der Waals surface area contributed by atoms with Crippen molar-refractivity contribution in [1.29, 1.82) is 0 Å². The minimum Gasteiger partial charge on any atom is -0.497 e. The molecule has 0 bridgehead atoms. The third-order valence-electron chi connectivity index (χ3n) is 4.21. The van der Waals surface area contributed by atoms with Gasteiger partial charge in [0.2, 0.25) is 10.0 Å². The van der Waals surface area contributed by atoms with Crippen molar-refractivity contribution in [2.75, 3.05) is 20.2 Å². The van der Waals surface area contributed by atoms with Gasteiger partial charge in [-0.2, -0.15) is 4.31 Å². The molecule has 0 unspecified atom stereocenters. The summed E-state index contributed by atoms with van der Waals surface area (Å²) in [5.74, 6) is 0.899. The number of halogens is 1. The largest absolute Gasteiger partial charge is 0.497 e. The highest BCUT2D eigenvalue weighted by Gasteiger charge is 2.30. The van der Waals surface area contributed by atoms with E-state index in [1.165, 1.54) is 23.5 Å². The van der Waals surface area contributed by atoms with E-state index >= 15 is 0 Å². The normalized spacial score (nSPS) is 16.6. The molecule has 0 amide bonds. The Kier molecular flexibility index (Phi) is 5.24. The molecule has 1 heterocycles. The van der Waals surface area contributed by atoms with Gasteiger partial charge in [0.25, 0.3) is 0 Å². The average Bonchev–Trinajstić information content (AvgIpc) is 2.64. The number of hydrogen-bond donors (Lipinski definition) is 0. The molecular formula is C18H20FNO4S. The predicted molar refractivity (Wildman–Crippen MR) is 91.8 cm³/mol. The van der Waals surface area contributed by atoms with Crippen molar-refractivity contribution >= 4 is 10.0 Å². The number of ether oxygens (including phenoxy) is 2. The lowest BCUT2D eigenvalue weighted by Gasteiger charge is -2.31. The maximum Gasteiger partial charge on any atom is 0.243 e. The topological polar surface area (TPSA) is 55.8 Å². The van der Waals surface area contributed by atoms with Crippen LogP contribution in [-0.4, -0.2) is 39.0 Å². The van der Waals surface area contributed by atoms with Crippen molar-refractivity contribution in [2.24, 2.45) is 0 Å². The maximum absolute atomic E-state index is 12.9. The van der Waals surface area contributed by atoms with Gasteiger partial charge in [0.1, 0.15) is 23.4 Å². The quantitative estimate of drug-likeness (QED) is 0.817. The summed E-state index contributed by atoms with van der Waals surface area (Å²) in [6, 6.07) is 12.2. The molecule has 0 N–H and O–H groups in total. The van der Waals surface area contributed by atoms with Gasteiger partial charge >= 0.3 is 0 Å². The summed E-state index contributed by atoms with van der Waals surface area (Å²) >= 11 is 0. The first-order valence-electron chi connectivity index (χ1n) is 8.05. The molecule has 134 valence electrons. The fraction of sp³-hybridized carbons (Fsp3) is 0.333. The van der Waals surface area contributed by atoms with Gasteiger partial charge in [-0.05, 0) is 61.4 Å². The maximum atomic E-state index is 12.9. The molecule has 5 nitrogen and oxygen atoms in total. The van der Waals surface area contributed by atoms with E-state index in [1.54, 1.807) is 36.4 Å². The van der Waals surface area contributed by atoms with E-state index in [0.717, 1.165) is 0 Å². The average molecular weight is 365 g/mol. The van der Waals surface area contributed by atoms with Gasteiger partial charge in [0.05, 0.1) is 12.0 Å². The van der Waals surface area contributed by atoms with Gasteiger partial charge in [-0.25, -0.2) is 12.8 Å². The minimum absolute atomic E-state index is 0.0761. The molecule has 1 saturated heterocycles. The number of methoxy groups -OCH3 is 1. The Morgan fingerprint density at radius 1 is 0.960 bits per heavy atom. The van der Waals surface area contributed by atoms with Crippen LogP contribution in [0.1, 0.15) is 12.8 Å². The molecule has 0 atom stereocenters. The summed E-state index contributed by atoms with van der Waals surface area (Å²) in [6.07, 6.45) is 1.10. The Hall–Kier alpha value is -2.12. The second kappa shape index (κ2) is 7.41. The van der Waals surface area contributed by atoms with Crippen LogP contribution in [0.25, 0.3) is 0 Å². The number of nitrogens with zero attached hydrogens (tertiary/aromatic N) is 1. The molecule has 0 aromatic heterocycles. The second-order valence-electron chi connectivity index (χ2n) is 5.85. The molecule has 0 aliphatic carbocycles. The SMILES string of the molecule is COc1ccc(S(=O)(=O)N2CCC(Oc3ccc(F)cc3)CC2)cc1. The van der Waals surface area contributed by atoms with Crippen molar-refractivity contribution in [2.45, 2.75) is 23.8 Å². The Morgan fingerprint density at radius 3 is 2.08 bits per heavy atom. The van der Waals surface area contributed by atoms with Crippen LogP contribution in [0.4, 0.5) is 4.39 Å². The first-order valence-corrected chi connectivity index (χ1v) is 9.49. The van der Waals surface area contributed by atoms with Crippen LogP contribution in [0.2, 0.25) is 0 Å². The first-order chi connectivity index (χ1) is 12.0. The van der Waals surface area contributed by atoms with Crippen LogP contribution in [0.3, 0.4) is 0 Å². The fourth-order valence-electron chi connectivity index (χ4n) is 2.79. The van der Waals surface area contributed by atoms with Crippen LogP contribution >= 0.6 is 0 Å². The van der Waals surface area contributed by atoms with E-state index in [9.17, 15) is 12.8 Å². The van der Waals surface area contributed by atoms with E-state index in [4.69, 9.17) is 9.47 Å². The molecule has 0 saturated carbocycles. The molecule has 7 heteroatoms. The number of rotatable bonds is 5. The summed E-state index contributed by atoms with van der Waals surface area (Å²) in [5.41, 5.74) is 0. The van der Waals surface area contributed by atoms with Crippen LogP contribution in [0.15, 0.2) is 53.4 Å². The monoisotopic (exact) mass is 365 g/mol. The summed E-state index contributed by atoms with van der Waals surface area (Å²) < 4.78 is 50.6. The van der Waals surface area contributed by atoms with Crippen molar-refractivity contribution in [1.82, 2.24) is 4.31 Å². The zero-order valence-corrected chi connectivity index (χ0v) is 14.7. The van der Waals surface area contributed by atoms with E-state index < -0.39 is 10.0 Å². The van der Waals surface area contributed by atoms with Crippen molar-refractivity contribution in [3.8, 4) is 11.5 Å². The Bertz CT molecular complexity index is 798. The number of hydrogen-bond acceptors (Lipinski definition) is 4. The summed E-state index contributed by atoms with van der Waals surface area (Å²) in [6.45, 7) is 0.778. The third-order valence-corrected chi connectivity index (χ3v) is 6.13. The molecule has 1 fully saturated rings. The molecular weight excluding hydrogens is 345 g/mol. The lowest BCUT2D eigenvalue weighted by molar-refractivity contribution is 0.135. The highest BCUT2D eigenvalue weighted by molar-refractivity contribution is 7.89. The zero-order valence-electron chi connectivity index (χ0n) is 13.9. The van der Waals surface area contributed by atoms with Gasteiger partial charge in [0.15, 0.2) is 0 Å². The van der Waals surface area contributed by atoms with Crippen molar-refractivity contribution in [3.63, 3.8) is 0 Å². The van der Waals surface area contributed by atoms with Gasteiger partial charge in [-0.3, -0.25) is 0 Å². The third kappa shape index (κ3) is 4.11. The first kappa shape index (κ1) is 17.7. The van der Waals surface area contributed by atoms with Gasteiger partial charge in [-0.15, -0.1) is 0 Å². The van der Waals surface area contributed by atoms with E-state index in [2.05, 4.69) is 0 Å². The van der Waals surface area contributed by atoms with E-state index in [0.29, 0.717) is 37.4 Å². The highest BCUT2D eigenvalue weighted by atomic mass is 32.2. The molecule has 3 rings (SSSR count). The van der Waals surface area contributed by atoms with Crippen LogP contribution < -0.4 is 9.47 Å². The molecule has 2 aromatic carbocycles. The smallest absolute Gasteiger partial charge is 0.243 e. The summed E-state index contributed by atoms with van der Waals surface area (Å²) in [4.78, 5) is 0.256. The summed E-state index contributed by atoms with van der Waals surface area (Å²) in [5, 5.41) is 0. The highest BCUT2D eigenvalue weighted by Crippen LogP contribution is 2.25. The Labute approximate surface area is 147 Å². The second-order valence-corrected chi connectivity index (χ2v) is 7.79. The van der Waals surface area contributed by atoms with Crippen molar-refractivity contribution in [3.05, 3.63) is 54.3 Å². The molecule has 1 aliphatic rings. The predicted octanol–water partition coefficient (Wildman–Crippen LogP) is 3.07. The Morgan fingerprint density at radius 2 is 1.52 bits per heavy atom. The van der Waals surface area contributed by atoms with Crippen LogP contribution in [0, 0.1) is 5.82 Å². The molecule has 0 radical (unpaired) electrons. The number of sulfonamides is 1. The zero-order chi connectivity index (χ0) is 17.9. The fourth-order valence-corrected chi connectivity index (χ4v) is 4.26. The minimum atomic E-state index is -3.52. The van der Waals surface area contributed by atoms with E-state index in [-0.39, 0.29) is 16.8 Å². The molecule has 25 heavy (non-hydrogen) atoms. The standard InChI is InChI=1S/C18H20FNO4S/c1-23-15-6-8-18(9-7-15)25(21,22)20-12-10-17(11-13-20)24-16-4-2-14(19)3-5-16/h2-9,17H,10-13H2,1H3. The van der Waals surface area contributed by atoms with E-state index in [1.807, 2.05) is 0 Å². The lowest BCUT2D eigenvalue weighted by atomic mass is 10.1. The number of piperidine rings is 1. The van der Waals surface area contributed by atoms with Crippen molar-refractivity contribution < 1.29 is 22.3 Å². The Balaban J connectivity index is 1.61. The van der Waals surface area contributed by atoms with Crippen LogP contribution in [-0.2, 0) is 10.0 Å². The van der Waals surface area contributed by atoms with Gasteiger partial charge in [-0.1, -0.05) is 0 Å². The summed E-state index contributed by atoms with van der Waals surface area (Å²) in [7, 11) is -1.98. The van der Waals surface area contributed by atoms with Gasteiger partial charge in [0, 0.05) is 13.1 Å². The van der Waals surface area contributed by atoms with Gasteiger partial charge < -0.3 is 9.47 Å². The lowest BCUT2D eigenvalue weighted by Crippen LogP contribution is -2.41. The number of benzene rings is 2.